The van der Waals surface area contributed by atoms with E-state index in [4.69, 9.17) is 5.73 Å². The van der Waals surface area contributed by atoms with Crippen LogP contribution in [0.3, 0.4) is 0 Å². The Morgan fingerprint density at radius 3 is 1.53 bits per heavy atom. The number of nitrogens with two attached hydrogens (primary N) is 1. The minimum atomic E-state index is 0.526. The average Bonchev–Trinajstić information content (AvgIpc) is 3.76. The average molecular weight is 494 g/mol. The summed E-state index contributed by atoms with van der Waals surface area (Å²) in [6, 6.07) is 36.0. The van der Waals surface area contributed by atoms with Crippen molar-refractivity contribution in [3.05, 3.63) is 164 Å². The fourth-order valence-corrected chi connectivity index (χ4v) is 5.23. The van der Waals surface area contributed by atoms with E-state index >= 15 is 0 Å². The second-order valence-corrected chi connectivity index (χ2v) is 9.62. The van der Waals surface area contributed by atoms with Crippen LogP contribution >= 0.6 is 0 Å². The van der Waals surface area contributed by atoms with Gasteiger partial charge in [0.1, 0.15) is 0 Å². The van der Waals surface area contributed by atoms with Crippen molar-refractivity contribution in [2.24, 2.45) is 5.73 Å². The summed E-state index contributed by atoms with van der Waals surface area (Å²) in [4.78, 5) is 14.5. The van der Waals surface area contributed by atoms with Gasteiger partial charge >= 0.3 is 0 Å². The zero-order valence-electron chi connectivity index (χ0n) is 20.8. The summed E-state index contributed by atoms with van der Waals surface area (Å²) in [5.41, 5.74) is 15.6. The quantitative estimate of drug-likeness (QED) is 0.258. The molecule has 6 aromatic rings. The molecule has 0 atom stereocenters. The summed E-state index contributed by atoms with van der Waals surface area (Å²) in [5.74, 6) is 0. The van der Waals surface area contributed by atoms with Crippen molar-refractivity contribution in [2.75, 3.05) is 0 Å². The Hall–Kier alpha value is -5.00. The second kappa shape index (κ2) is 9.14. The Labute approximate surface area is 219 Å². The second-order valence-electron chi connectivity index (χ2n) is 9.62. The highest BCUT2D eigenvalue weighted by Gasteiger charge is 2.12. The van der Waals surface area contributed by atoms with Crippen LogP contribution in [0, 0.1) is 0 Å². The largest absolute Gasteiger partial charge is 0.355 e. The number of benzene rings is 2. The molecule has 0 aliphatic carbocycles. The van der Waals surface area contributed by atoms with Crippen molar-refractivity contribution in [3.63, 3.8) is 0 Å². The van der Waals surface area contributed by atoms with E-state index in [-0.39, 0.29) is 0 Å². The number of fused-ring (bicyclic) bond motifs is 8. The molecule has 7 rings (SSSR count). The Balaban J connectivity index is 1.50. The van der Waals surface area contributed by atoms with E-state index in [2.05, 4.69) is 129 Å². The van der Waals surface area contributed by atoms with E-state index in [9.17, 15) is 0 Å². The number of nitrogens with one attached hydrogen (secondary N) is 4. The maximum absolute atomic E-state index is 5.86. The molecule has 38 heavy (non-hydrogen) atoms. The zero-order valence-corrected chi connectivity index (χ0v) is 20.8. The van der Waals surface area contributed by atoms with Crippen LogP contribution in [0.5, 0.6) is 0 Å². The Morgan fingerprint density at radius 1 is 0.474 bits per heavy atom. The van der Waals surface area contributed by atoms with Gasteiger partial charge in [-0.1, -0.05) is 54.6 Å². The van der Waals surface area contributed by atoms with E-state index in [1.165, 1.54) is 0 Å². The molecule has 1 aliphatic heterocycles. The Morgan fingerprint density at radius 2 is 1.00 bits per heavy atom. The van der Waals surface area contributed by atoms with Crippen molar-refractivity contribution in [2.45, 2.75) is 6.54 Å². The van der Waals surface area contributed by atoms with Gasteiger partial charge in [-0.05, 0) is 77.4 Å². The van der Waals surface area contributed by atoms with Crippen molar-refractivity contribution in [3.8, 4) is 0 Å². The molecule has 0 saturated heterocycles. The lowest BCUT2D eigenvalue weighted by Gasteiger charge is -2.07. The molecule has 0 spiro atoms. The van der Waals surface area contributed by atoms with Gasteiger partial charge in [-0.2, -0.15) is 0 Å². The normalized spacial score (nSPS) is 12.8. The summed E-state index contributed by atoms with van der Waals surface area (Å²) in [7, 11) is 0. The molecule has 0 fully saturated rings. The molecule has 184 valence electrons. The Kier molecular flexibility index (Phi) is 5.34. The third-order valence-electron chi connectivity index (χ3n) is 7.07. The van der Waals surface area contributed by atoms with E-state index in [0.29, 0.717) is 6.54 Å². The molecule has 0 radical (unpaired) electrons. The molecule has 0 saturated carbocycles. The summed E-state index contributed by atoms with van der Waals surface area (Å²) in [6.45, 7) is 0.526. The van der Waals surface area contributed by atoms with E-state index in [1.807, 2.05) is 6.07 Å². The zero-order chi connectivity index (χ0) is 25.5. The summed E-state index contributed by atoms with van der Waals surface area (Å²) < 4.78 is 0. The fraction of sp³-hybridized carbons (Fsp3) is 0.0303. The van der Waals surface area contributed by atoms with Crippen LogP contribution < -0.4 is 27.1 Å². The van der Waals surface area contributed by atoms with Crippen molar-refractivity contribution in [1.29, 1.82) is 0 Å². The van der Waals surface area contributed by atoms with Gasteiger partial charge in [0.15, 0.2) is 0 Å². The van der Waals surface area contributed by atoms with Gasteiger partial charge in [0, 0.05) is 61.9 Å². The molecule has 5 heterocycles. The van der Waals surface area contributed by atoms with Crippen LogP contribution in [-0.4, -0.2) is 19.9 Å². The third-order valence-corrected chi connectivity index (χ3v) is 7.07. The highest BCUT2D eigenvalue weighted by Crippen LogP contribution is 2.22. The van der Waals surface area contributed by atoms with Gasteiger partial charge in [0.2, 0.25) is 0 Å². The van der Waals surface area contributed by atoms with Crippen LogP contribution in [0.1, 0.15) is 39.5 Å². The third kappa shape index (κ3) is 4.05. The minimum absolute atomic E-state index is 0.526. The molecule has 4 aromatic heterocycles. The number of hydrogen-bond acceptors (Lipinski definition) is 1. The van der Waals surface area contributed by atoms with Crippen molar-refractivity contribution in [1.82, 2.24) is 19.9 Å². The SMILES string of the molecule is NCc1ccc(C2=c3ccc([nH]3)=Cc3ccc([nH]3)C(c3ccccc3)=c3ccc([nH]3)=Cc3ccc2[nH]3)cc1. The number of aromatic nitrogens is 4. The molecule has 1 aliphatic rings. The standard InChI is InChI=1S/C33H27N5/c34-20-21-6-8-23(9-7-21)33-30-16-12-26(37-30)18-24-10-14-28(35-24)32(22-4-2-1-3-5-22)29-15-11-25(36-29)19-27-13-17-31(33)38-27/h1-19,35-38H,20,34H2. The van der Waals surface area contributed by atoms with Crippen LogP contribution in [0.25, 0.3) is 23.3 Å². The lowest BCUT2D eigenvalue weighted by atomic mass is 10.0. The van der Waals surface area contributed by atoms with E-state index in [0.717, 1.165) is 72.0 Å². The first-order chi connectivity index (χ1) is 18.7. The molecule has 8 bridgehead atoms. The van der Waals surface area contributed by atoms with Gasteiger partial charge in [0.25, 0.3) is 0 Å². The summed E-state index contributed by atoms with van der Waals surface area (Å²) in [5, 5.41) is 4.16. The first-order valence-electron chi connectivity index (χ1n) is 12.8. The van der Waals surface area contributed by atoms with Crippen LogP contribution in [0.4, 0.5) is 0 Å². The molecule has 0 unspecified atom stereocenters. The molecular weight excluding hydrogens is 466 g/mol. The Bertz CT molecular complexity index is 1990. The van der Waals surface area contributed by atoms with Gasteiger partial charge in [-0.25, -0.2) is 0 Å². The maximum Gasteiger partial charge on any atom is 0.0485 e. The first-order valence-corrected chi connectivity index (χ1v) is 12.8. The topological polar surface area (TPSA) is 89.2 Å². The number of hydrogen-bond donors (Lipinski definition) is 5. The van der Waals surface area contributed by atoms with E-state index < -0.39 is 0 Å². The molecule has 5 nitrogen and oxygen atoms in total. The minimum Gasteiger partial charge on any atom is -0.355 e. The van der Waals surface area contributed by atoms with Crippen LogP contribution in [0.15, 0.2) is 103 Å². The highest BCUT2D eigenvalue weighted by atomic mass is 14.8. The summed E-state index contributed by atoms with van der Waals surface area (Å²) in [6.07, 6.45) is 4.29. The number of aromatic amines is 4. The maximum atomic E-state index is 5.86. The highest BCUT2D eigenvalue weighted by molar-refractivity contribution is 5.79. The molecule has 6 N–H and O–H groups in total. The molecule has 5 heteroatoms. The van der Waals surface area contributed by atoms with Gasteiger partial charge in [0.05, 0.1) is 0 Å². The molecular formula is C33H27N5. The van der Waals surface area contributed by atoms with Crippen LogP contribution in [-0.2, 0) is 6.54 Å². The van der Waals surface area contributed by atoms with Crippen LogP contribution in [0.2, 0.25) is 0 Å². The predicted octanol–water partition coefficient (Wildman–Crippen LogP) is 2.92. The van der Waals surface area contributed by atoms with E-state index in [1.54, 1.807) is 0 Å². The lowest BCUT2D eigenvalue weighted by Crippen LogP contribution is -2.15. The summed E-state index contributed by atoms with van der Waals surface area (Å²) >= 11 is 0. The predicted molar refractivity (Wildman–Crippen MR) is 153 cm³/mol. The van der Waals surface area contributed by atoms with Gasteiger partial charge in [-0.3, -0.25) is 0 Å². The molecule has 0 amide bonds. The van der Waals surface area contributed by atoms with Gasteiger partial charge in [-0.15, -0.1) is 0 Å². The number of rotatable bonds is 3. The monoisotopic (exact) mass is 493 g/mol. The van der Waals surface area contributed by atoms with Crippen molar-refractivity contribution < 1.29 is 0 Å². The fourth-order valence-electron chi connectivity index (χ4n) is 5.23. The smallest absolute Gasteiger partial charge is 0.0485 e. The number of H-pyrrole nitrogens is 4. The van der Waals surface area contributed by atoms with Crippen molar-refractivity contribution >= 4 is 23.3 Å². The lowest BCUT2D eigenvalue weighted by molar-refractivity contribution is 1.07. The molecule has 2 aromatic carbocycles. The first kappa shape index (κ1) is 22.2. The van der Waals surface area contributed by atoms with Gasteiger partial charge < -0.3 is 25.7 Å².